The van der Waals surface area contributed by atoms with Crippen LogP contribution < -0.4 is 5.32 Å². The van der Waals surface area contributed by atoms with Gasteiger partial charge in [-0.25, -0.2) is 0 Å². The summed E-state index contributed by atoms with van der Waals surface area (Å²) in [6, 6.07) is 3.86. The van der Waals surface area contributed by atoms with Crippen LogP contribution in [0.3, 0.4) is 0 Å². The summed E-state index contributed by atoms with van der Waals surface area (Å²) >= 11 is 0. The average Bonchev–Trinajstić information content (AvgIpc) is 2.06. The highest BCUT2D eigenvalue weighted by atomic mass is 14.9. The molecule has 1 rings (SSSR count). The Balaban J connectivity index is 2.58. The minimum atomic E-state index is 0.939. The maximum absolute atomic E-state index is 3.97. The van der Waals surface area contributed by atoms with Gasteiger partial charge in [-0.05, 0) is 18.6 Å². The number of hydrogen-bond acceptors (Lipinski definition) is 2. The second-order valence-corrected chi connectivity index (χ2v) is 2.32. The van der Waals surface area contributed by atoms with Gasteiger partial charge in [0.05, 0.1) is 11.9 Å². The zero-order chi connectivity index (χ0) is 8.10. The van der Waals surface area contributed by atoms with Crippen molar-refractivity contribution in [1.29, 1.82) is 0 Å². The van der Waals surface area contributed by atoms with E-state index < -0.39 is 0 Å². The van der Waals surface area contributed by atoms with E-state index in [-0.39, 0.29) is 0 Å². The molecule has 1 N–H and O–H groups in total. The van der Waals surface area contributed by atoms with Crippen LogP contribution in [0.2, 0.25) is 0 Å². The molecule has 2 heteroatoms. The third-order valence-corrected chi connectivity index (χ3v) is 1.41. The summed E-state index contributed by atoms with van der Waals surface area (Å²) in [5.41, 5.74) is 2.01. The highest BCUT2D eigenvalue weighted by molar-refractivity contribution is 5.44. The van der Waals surface area contributed by atoms with E-state index in [2.05, 4.69) is 23.8 Å². The van der Waals surface area contributed by atoms with E-state index in [1.165, 1.54) is 0 Å². The topological polar surface area (TPSA) is 24.9 Å². The van der Waals surface area contributed by atoms with Crippen molar-refractivity contribution in [2.75, 3.05) is 5.32 Å². The molecular weight excluding hydrogens is 136 g/mol. The van der Waals surface area contributed by atoms with Crippen LogP contribution in [0.5, 0.6) is 0 Å². The molecule has 2 nitrogen and oxygen atoms in total. The summed E-state index contributed by atoms with van der Waals surface area (Å²) in [6.45, 7) is 5.89. The van der Waals surface area contributed by atoms with E-state index in [0.29, 0.717) is 0 Å². The van der Waals surface area contributed by atoms with Crippen molar-refractivity contribution >= 4 is 5.69 Å². The molecule has 0 fully saturated rings. The molecule has 0 bridgehead atoms. The summed E-state index contributed by atoms with van der Waals surface area (Å²) in [4.78, 5) is 3.97. The number of pyridine rings is 1. The third kappa shape index (κ3) is 2.42. The maximum atomic E-state index is 3.97. The zero-order valence-corrected chi connectivity index (χ0v) is 6.67. The Morgan fingerprint density at radius 1 is 1.73 bits per heavy atom. The molecule has 0 aromatic carbocycles. The summed E-state index contributed by atoms with van der Waals surface area (Å²) in [6.07, 6.45) is 4.47. The first-order valence-corrected chi connectivity index (χ1v) is 3.67. The van der Waals surface area contributed by atoms with Gasteiger partial charge in [-0.2, -0.15) is 0 Å². The van der Waals surface area contributed by atoms with Gasteiger partial charge in [0.2, 0.25) is 0 Å². The molecule has 0 aliphatic carbocycles. The summed E-state index contributed by atoms with van der Waals surface area (Å²) in [5.74, 6) is 0. The molecule has 0 saturated carbocycles. The van der Waals surface area contributed by atoms with E-state index in [9.17, 15) is 0 Å². The van der Waals surface area contributed by atoms with Crippen LogP contribution in [-0.2, 0) is 0 Å². The van der Waals surface area contributed by atoms with Crippen molar-refractivity contribution in [3.63, 3.8) is 0 Å². The molecule has 1 aromatic rings. The Labute approximate surface area is 67.0 Å². The van der Waals surface area contributed by atoms with Crippen LogP contribution in [0.15, 0.2) is 36.8 Å². The molecule has 11 heavy (non-hydrogen) atoms. The van der Waals surface area contributed by atoms with E-state index in [4.69, 9.17) is 0 Å². The molecule has 0 aliphatic heterocycles. The summed E-state index contributed by atoms with van der Waals surface area (Å²) in [5, 5.41) is 3.13. The molecule has 0 radical (unpaired) electrons. The lowest BCUT2D eigenvalue weighted by molar-refractivity contribution is 1.11. The third-order valence-electron chi connectivity index (χ3n) is 1.41. The number of nitrogens with one attached hydrogen (secondary N) is 1. The number of anilines is 1. The molecule has 0 aliphatic rings. The lowest BCUT2D eigenvalue weighted by Crippen LogP contribution is -1.95. The van der Waals surface area contributed by atoms with Crippen molar-refractivity contribution in [2.45, 2.75) is 13.3 Å². The predicted molar refractivity (Wildman–Crippen MR) is 47.3 cm³/mol. The van der Waals surface area contributed by atoms with E-state index in [1.807, 2.05) is 12.1 Å². The van der Waals surface area contributed by atoms with Gasteiger partial charge in [-0.15, -0.1) is 0 Å². The van der Waals surface area contributed by atoms with Crippen LogP contribution in [0.4, 0.5) is 5.69 Å². The molecular formula is C9H12N2. The highest BCUT2D eigenvalue weighted by Crippen LogP contribution is 2.07. The first-order valence-electron chi connectivity index (χ1n) is 3.67. The molecule has 0 spiro atoms. The number of rotatable bonds is 3. The standard InChI is InChI=1S/C9H12N2/c1-3-8(2)11-9-5-4-6-10-7-9/h4-7,11H,2-3H2,1H3. The van der Waals surface area contributed by atoms with E-state index >= 15 is 0 Å². The predicted octanol–water partition coefficient (Wildman–Crippen LogP) is 2.42. The number of aromatic nitrogens is 1. The average molecular weight is 148 g/mol. The molecule has 0 unspecified atom stereocenters. The van der Waals surface area contributed by atoms with Crippen LogP contribution in [0.1, 0.15) is 13.3 Å². The van der Waals surface area contributed by atoms with Gasteiger partial charge in [0, 0.05) is 11.9 Å². The van der Waals surface area contributed by atoms with Gasteiger partial charge < -0.3 is 5.32 Å². The Bertz CT molecular complexity index is 229. The molecule has 58 valence electrons. The summed E-state index contributed by atoms with van der Waals surface area (Å²) in [7, 11) is 0. The fourth-order valence-electron chi connectivity index (χ4n) is 0.729. The lowest BCUT2D eigenvalue weighted by atomic mass is 10.3. The van der Waals surface area contributed by atoms with Crippen LogP contribution >= 0.6 is 0 Å². The monoisotopic (exact) mass is 148 g/mol. The maximum Gasteiger partial charge on any atom is 0.0568 e. The van der Waals surface area contributed by atoms with Crippen LogP contribution in [0.25, 0.3) is 0 Å². The van der Waals surface area contributed by atoms with Gasteiger partial charge in [0.25, 0.3) is 0 Å². The van der Waals surface area contributed by atoms with Gasteiger partial charge in [-0.3, -0.25) is 4.98 Å². The Kier molecular flexibility index (Phi) is 2.66. The molecule has 0 amide bonds. The zero-order valence-electron chi connectivity index (χ0n) is 6.67. The van der Waals surface area contributed by atoms with E-state index in [0.717, 1.165) is 17.8 Å². The lowest BCUT2D eigenvalue weighted by Gasteiger charge is -2.05. The van der Waals surface area contributed by atoms with Crippen LogP contribution in [-0.4, -0.2) is 4.98 Å². The fraction of sp³-hybridized carbons (Fsp3) is 0.222. The van der Waals surface area contributed by atoms with Crippen molar-refractivity contribution in [3.05, 3.63) is 36.8 Å². The quantitative estimate of drug-likeness (QED) is 0.712. The van der Waals surface area contributed by atoms with Gasteiger partial charge >= 0.3 is 0 Å². The fourth-order valence-corrected chi connectivity index (χ4v) is 0.729. The largest absolute Gasteiger partial charge is 0.358 e. The van der Waals surface area contributed by atoms with Gasteiger partial charge in [0.1, 0.15) is 0 Å². The van der Waals surface area contributed by atoms with Crippen molar-refractivity contribution in [1.82, 2.24) is 4.98 Å². The summed E-state index contributed by atoms with van der Waals surface area (Å²) < 4.78 is 0. The van der Waals surface area contributed by atoms with Crippen molar-refractivity contribution in [3.8, 4) is 0 Å². The van der Waals surface area contributed by atoms with Gasteiger partial charge in [-0.1, -0.05) is 13.5 Å². The van der Waals surface area contributed by atoms with E-state index in [1.54, 1.807) is 12.4 Å². The number of nitrogens with zero attached hydrogens (tertiary/aromatic N) is 1. The second-order valence-electron chi connectivity index (χ2n) is 2.32. The molecule has 0 atom stereocenters. The minimum absolute atomic E-state index is 0.939. The first-order chi connectivity index (χ1) is 5.33. The first kappa shape index (κ1) is 7.79. The molecule has 0 saturated heterocycles. The Morgan fingerprint density at radius 3 is 3.09 bits per heavy atom. The number of hydrogen-bond donors (Lipinski definition) is 1. The molecule has 1 heterocycles. The van der Waals surface area contributed by atoms with Crippen molar-refractivity contribution in [2.24, 2.45) is 0 Å². The highest BCUT2D eigenvalue weighted by Gasteiger charge is 1.90. The van der Waals surface area contributed by atoms with Crippen molar-refractivity contribution < 1.29 is 0 Å². The van der Waals surface area contributed by atoms with Gasteiger partial charge in [0.15, 0.2) is 0 Å². The second kappa shape index (κ2) is 3.76. The van der Waals surface area contributed by atoms with Crippen LogP contribution in [0, 0.1) is 0 Å². The minimum Gasteiger partial charge on any atom is -0.358 e. The SMILES string of the molecule is C=C(CC)Nc1cccnc1. The Morgan fingerprint density at radius 2 is 2.55 bits per heavy atom. The number of allylic oxidation sites excluding steroid dienone is 1. The normalized spacial score (nSPS) is 9.18. The Hall–Kier alpha value is -1.31. The smallest absolute Gasteiger partial charge is 0.0568 e. The molecule has 1 aromatic heterocycles.